The Labute approximate surface area is 167 Å². The number of hydrogen-bond acceptors (Lipinski definition) is 4. The Morgan fingerprint density at radius 3 is 2.63 bits per heavy atom. The van der Waals surface area contributed by atoms with E-state index < -0.39 is 0 Å². The van der Waals surface area contributed by atoms with Crippen molar-refractivity contribution in [2.45, 2.75) is 13.1 Å². The molecule has 142 valence electrons. The summed E-state index contributed by atoms with van der Waals surface area (Å²) in [5, 5.41) is 3.01. The highest BCUT2D eigenvalue weighted by atomic mass is 79.9. The molecule has 0 radical (unpaired) electrons. The van der Waals surface area contributed by atoms with Gasteiger partial charge in [-0.1, -0.05) is 34.1 Å². The van der Waals surface area contributed by atoms with Crippen LogP contribution in [0.25, 0.3) is 0 Å². The van der Waals surface area contributed by atoms with E-state index in [0.717, 1.165) is 54.3 Å². The van der Waals surface area contributed by atoms with Gasteiger partial charge in [0.1, 0.15) is 0 Å². The van der Waals surface area contributed by atoms with Gasteiger partial charge in [-0.15, -0.1) is 0 Å². The summed E-state index contributed by atoms with van der Waals surface area (Å²) in [6, 6.07) is 14.0. The minimum atomic E-state index is -0.00212. The van der Waals surface area contributed by atoms with Crippen molar-refractivity contribution in [3.63, 3.8) is 0 Å². The smallest absolute Gasteiger partial charge is 0.317 e. The summed E-state index contributed by atoms with van der Waals surface area (Å²) < 4.78 is 11.8. The number of hydrogen-bond donors (Lipinski definition) is 1. The molecule has 27 heavy (non-hydrogen) atoms. The SMILES string of the molecule is O=C(NCc1cccc(Br)c1)N1CCN(Cc2ccc3c(c2)OCO3)CC1. The van der Waals surface area contributed by atoms with Crippen molar-refractivity contribution in [1.82, 2.24) is 15.1 Å². The third-order valence-corrected chi connectivity index (χ3v) is 5.33. The highest BCUT2D eigenvalue weighted by Crippen LogP contribution is 2.32. The second-order valence-corrected chi connectivity index (χ2v) is 7.66. The van der Waals surface area contributed by atoms with E-state index in [1.165, 1.54) is 5.56 Å². The molecule has 0 spiro atoms. The number of carbonyl (C=O) groups excluding carboxylic acids is 1. The largest absolute Gasteiger partial charge is 0.454 e. The Hall–Kier alpha value is -2.25. The Kier molecular flexibility index (Phi) is 5.50. The van der Waals surface area contributed by atoms with Crippen molar-refractivity contribution in [1.29, 1.82) is 0 Å². The van der Waals surface area contributed by atoms with Crippen molar-refractivity contribution in [2.75, 3.05) is 33.0 Å². The van der Waals surface area contributed by atoms with Crippen LogP contribution in [0.5, 0.6) is 11.5 Å². The minimum Gasteiger partial charge on any atom is -0.454 e. The number of nitrogens with zero attached hydrogens (tertiary/aromatic N) is 2. The van der Waals surface area contributed by atoms with Crippen LogP contribution in [0.3, 0.4) is 0 Å². The molecule has 1 N–H and O–H groups in total. The van der Waals surface area contributed by atoms with Crippen LogP contribution in [0.2, 0.25) is 0 Å². The van der Waals surface area contributed by atoms with E-state index in [4.69, 9.17) is 9.47 Å². The fourth-order valence-corrected chi connectivity index (χ4v) is 3.79. The molecule has 7 heteroatoms. The third-order valence-electron chi connectivity index (χ3n) is 4.84. The standard InChI is InChI=1S/C20H22BrN3O3/c21-17-3-1-2-15(10-17)12-22-20(25)24-8-6-23(7-9-24)13-16-4-5-18-19(11-16)27-14-26-18/h1-5,10-11H,6-9,12-14H2,(H,22,25). The van der Waals surface area contributed by atoms with Crippen LogP contribution in [0.1, 0.15) is 11.1 Å². The molecule has 6 nitrogen and oxygen atoms in total. The Bertz CT molecular complexity index is 822. The summed E-state index contributed by atoms with van der Waals surface area (Å²) in [6.45, 7) is 4.87. The average molecular weight is 432 g/mol. The maximum absolute atomic E-state index is 12.4. The first kappa shape index (κ1) is 18.1. The summed E-state index contributed by atoms with van der Waals surface area (Å²) in [6.07, 6.45) is 0. The zero-order valence-corrected chi connectivity index (χ0v) is 16.6. The van der Waals surface area contributed by atoms with Crippen molar-refractivity contribution in [2.24, 2.45) is 0 Å². The molecular formula is C20H22BrN3O3. The average Bonchev–Trinajstić information content (AvgIpc) is 3.15. The fourth-order valence-electron chi connectivity index (χ4n) is 3.34. The summed E-state index contributed by atoms with van der Waals surface area (Å²) in [7, 11) is 0. The van der Waals surface area contributed by atoms with Gasteiger partial charge in [-0.3, -0.25) is 4.90 Å². The maximum Gasteiger partial charge on any atom is 0.317 e. The molecule has 0 unspecified atom stereocenters. The van der Waals surface area contributed by atoms with Crippen LogP contribution in [-0.2, 0) is 13.1 Å². The van der Waals surface area contributed by atoms with Gasteiger partial charge in [-0.05, 0) is 35.4 Å². The maximum atomic E-state index is 12.4. The van der Waals surface area contributed by atoms with Crippen molar-refractivity contribution in [3.8, 4) is 11.5 Å². The molecule has 0 saturated carbocycles. The van der Waals surface area contributed by atoms with Gasteiger partial charge < -0.3 is 19.7 Å². The molecule has 2 aromatic rings. The fraction of sp³-hybridized carbons (Fsp3) is 0.350. The van der Waals surface area contributed by atoms with Gasteiger partial charge in [0.2, 0.25) is 6.79 Å². The topological polar surface area (TPSA) is 54.0 Å². The monoisotopic (exact) mass is 431 g/mol. The molecule has 1 fully saturated rings. The molecular weight excluding hydrogens is 410 g/mol. The van der Waals surface area contributed by atoms with E-state index >= 15 is 0 Å². The molecule has 4 rings (SSSR count). The molecule has 0 aromatic heterocycles. The summed E-state index contributed by atoms with van der Waals surface area (Å²) in [4.78, 5) is 16.6. The number of fused-ring (bicyclic) bond motifs is 1. The van der Waals surface area contributed by atoms with Crippen molar-refractivity contribution >= 4 is 22.0 Å². The molecule has 0 atom stereocenters. The third kappa shape index (κ3) is 4.54. The number of benzene rings is 2. The van der Waals surface area contributed by atoms with E-state index in [-0.39, 0.29) is 6.03 Å². The molecule has 0 aliphatic carbocycles. The van der Waals surface area contributed by atoms with E-state index in [9.17, 15) is 4.79 Å². The highest BCUT2D eigenvalue weighted by Gasteiger charge is 2.21. The molecule has 0 bridgehead atoms. The van der Waals surface area contributed by atoms with Crippen molar-refractivity contribution in [3.05, 3.63) is 58.1 Å². The lowest BCUT2D eigenvalue weighted by Crippen LogP contribution is -2.51. The number of nitrogens with one attached hydrogen (secondary N) is 1. The number of ether oxygens (including phenoxy) is 2. The predicted molar refractivity (Wildman–Crippen MR) is 106 cm³/mol. The quantitative estimate of drug-likeness (QED) is 0.807. The first-order chi connectivity index (χ1) is 13.2. The van der Waals surface area contributed by atoms with Gasteiger partial charge in [0.25, 0.3) is 0 Å². The van der Waals surface area contributed by atoms with Gasteiger partial charge in [-0.25, -0.2) is 4.79 Å². The lowest BCUT2D eigenvalue weighted by Gasteiger charge is -2.34. The lowest BCUT2D eigenvalue weighted by molar-refractivity contribution is 0.135. The Balaban J connectivity index is 1.24. The second kappa shape index (κ2) is 8.19. The first-order valence-corrected chi connectivity index (χ1v) is 9.85. The number of carbonyl (C=O) groups is 1. The number of rotatable bonds is 4. The van der Waals surface area contributed by atoms with E-state index in [1.54, 1.807) is 0 Å². The number of halogens is 1. The van der Waals surface area contributed by atoms with E-state index in [0.29, 0.717) is 13.3 Å². The minimum absolute atomic E-state index is 0.00212. The lowest BCUT2D eigenvalue weighted by atomic mass is 10.1. The summed E-state index contributed by atoms with van der Waals surface area (Å²) in [5.41, 5.74) is 2.28. The molecule has 2 heterocycles. The van der Waals surface area contributed by atoms with Gasteiger partial charge in [0.15, 0.2) is 11.5 Å². The first-order valence-electron chi connectivity index (χ1n) is 9.05. The molecule has 2 aliphatic heterocycles. The van der Waals surface area contributed by atoms with Gasteiger partial charge in [-0.2, -0.15) is 0 Å². The molecule has 2 amide bonds. The summed E-state index contributed by atoms with van der Waals surface area (Å²) >= 11 is 3.45. The molecule has 1 saturated heterocycles. The van der Waals surface area contributed by atoms with Crippen LogP contribution >= 0.6 is 15.9 Å². The normalized spacial score (nSPS) is 16.4. The van der Waals surface area contributed by atoms with Gasteiger partial charge in [0, 0.05) is 43.7 Å². The van der Waals surface area contributed by atoms with Crippen LogP contribution < -0.4 is 14.8 Å². The Morgan fingerprint density at radius 1 is 1.00 bits per heavy atom. The van der Waals surface area contributed by atoms with E-state index in [2.05, 4.69) is 32.2 Å². The van der Waals surface area contributed by atoms with Crippen LogP contribution in [-0.4, -0.2) is 48.8 Å². The van der Waals surface area contributed by atoms with Crippen LogP contribution in [0.15, 0.2) is 46.9 Å². The number of amides is 2. The second-order valence-electron chi connectivity index (χ2n) is 6.74. The molecule has 2 aliphatic rings. The van der Waals surface area contributed by atoms with Gasteiger partial charge >= 0.3 is 6.03 Å². The van der Waals surface area contributed by atoms with Crippen LogP contribution in [0, 0.1) is 0 Å². The highest BCUT2D eigenvalue weighted by molar-refractivity contribution is 9.10. The predicted octanol–water partition coefficient (Wildman–Crippen LogP) is 3.21. The zero-order chi connectivity index (χ0) is 18.6. The van der Waals surface area contributed by atoms with Gasteiger partial charge in [0.05, 0.1) is 0 Å². The zero-order valence-electron chi connectivity index (χ0n) is 15.0. The van der Waals surface area contributed by atoms with E-state index in [1.807, 2.05) is 41.3 Å². The van der Waals surface area contributed by atoms with Crippen LogP contribution in [0.4, 0.5) is 4.79 Å². The van der Waals surface area contributed by atoms with Crippen molar-refractivity contribution < 1.29 is 14.3 Å². The number of piperazine rings is 1. The Morgan fingerprint density at radius 2 is 1.81 bits per heavy atom. The molecule has 2 aromatic carbocycles. The summed E-state index contributed by atoms with van der Waals surface area (Å²) in [5.74, 6) is 1.63. The number of urea groups is 1.